The predicted octanol–water partition coefficient (Wildman–Crippen LogP) is 0.587. The van der Waals surface area contributed by atoms with E-state index >= 15 is 0 Å². The van der Waals surface area contributed by atoms with E-state index in [1.54, 1.807) is 0 Å². The number of hydrogen-bond acceptors (Lipinski definition) is 3. The minimum Gasteiger partial charge on any atom is -0.748 e. The zero-order chi connectivity index (χ0) is 11.3. The monoisotopic (exact) mass is 225 g/mol. The first-order valence-corrected chi connectivity index (χ1v) is 6.04. The van der Waals surface area contributed by atoms with E-state index in [1.807, 2.05) is 36.7 Å². The smallest absolute Gasteiger partial charge is 0.210 e. The summed E-state index contributed by atoms with van der Waals surface area (Å²) in [6.07, 6.45) is 4.68. The molecular formula is C10H11NO3S. The maximum atomic E-state index is 9.08. The van der Waals surface area contributed by atoms with Crippen LogP contribution in [-0.4, -0.2) is 19.2 Å². The molecule has 0 fully saturated rings. The minimum atomic E-state index is -3.92. The zero-order valence-corrected chi connectivity index (χ0v) is 9.02. The van der Waals surface area contributed by atoms with Gasteiger partial charge in [0.1, 0.15) is 0 Å². The van der Waals surface area contributed by atoms with Crippen molar-refractivity contribution in [1.29, 1.82) is 0 Å². The normalized spacial score (nSPS) is 10.5. The molecule has 0 aliphatic carbocycles. The maximum absolute atomic E-state index is 9.08. The van der Waals surface area contributed by atoms with Gasteiger partial charge < -0.3 is 4.55 Å². The van der Waals surface area contributed by atoms with Crippen molar-refractivity contribution in [3.05, 3.63) is 48.8 Å². The highest BCUT2D eigenvalue weighted by atomic mass is 32.2. The predicted molar refractivity (Wildman–Crippen MR) is 55.2 cm³/mol. The van der Waals surface area contributed by atoms with Crippen molar-refractivity contribution in [3.63, 3.8) is 0 Å². The quantitative estimate of drug-likeness (QED) is 0.487. The van der Waals surface area contributed by atoms with Gasteiger partial charge in [-0.05, 0) is 12.1 Å². The van der Waals surface area contributed by atoms with Crippen molar-refractivity contribution in [3.8, 4) is 0 Å². The standard InChI is InChI=1S/C9H8N.CH4O3S/c1-3-7-10-8-4-2-6-9(10)5-1;1-5(2,3)4/h1-8H;1H3,(H,2,3,4)/q+1;/p-1. The van der Waals surface area contributed by atoms with Crippen LogP contribution in [0.2, 0.25) is 0 Å². The lowest BCUT2D eigenvalue weighted by Crippen LogP contribution is -2.18. The molecule has 0 atom stereocenters. The Kier molecular flexibility index (Phi) is 3.76. The Morgan fingerprint density at radius 2 is 1.47 bits per heavy atom. The van der Waals surface area contributed by atoms with Crippen LogP contribution in [0.3, 0.4) is 0 Å². The summed E-state index contributed by atoms with van der Waals surface area (Å²) in [6.45, 7) is 0. The number of nitrogens with zero attached hydrogens (tertiary/aromatic N) is 1. The third-order valence-corrected chi connectivity index (χ3v) is 1.55. The van der Waals surface area contributed by atoms with Gasteiger partial charge in [0, 0.05) is 30.5 Å². The van der Waals surface area contributed by atoms with E-state index in [-0.39, 0.29) is 0 Å². The summed E-state index contributed by atoms with van der Waals surface area (Å²) in [4.78, 5) is 0. The minimum absolute atomic E-state index is 0.604. The van der Waals surface area contributed by atoms with Gasteiger partial charge in [-0.1, -0.05) is 0 Å². The van der Waals surface area contributed by atoms with Crippen LogP contribution in [-0.2, 0) is 10.1 Å². The van der Waals surface area contributed by atoms with E-state index in [0.717, 1.165) is 0 Å². The average Bonchev–Trinajstić information content (AvgIpc) is 2.16. The van der Waals surface area contributed by atoms with E-state index in [4.69, 9.17) is 13.0 Å². The molecular weight excluding hydrogens is 214 g/mol. The molecule has 2 rings (SSSR count). The molecule has 2 aromatic heterocycles. The summed E-state index contributed by atoms with van der Waals surface area (Å²) in [5.74, 6) is 0. The lowest BCUT2D eigenvalue weighted by molar-refractivity contribution is -0.511. The average molecular weight is 225 g/mol. The van der Waals surface area contributed by atoms with Gasteiger partial charge in [0.15, 0.2) is 12.4 Å². The Balaban J connectivity index is 0.000000195. The van der Waals surface area contributed by atoms with Crippen molar-refractivity contribution in [1.82, 2.24) is 0 Å². The highest BCUT2D eigenvalue weighted by Gasteiger charge is 1.93. The van der Waals surface area contributed by atoms with Crippen LogP contribution in [0, 0.1) is 0 Å². The number of pyridine rings is 2. The zero-order valence-electron chi connectivity index (χ0n) is 8.20. The van der Waals surface area contributed by atoms with E-state index in [0.29, 0.717) is 6.26 Å². The van der Waals surface area contributed by atoms with Crippen LogP contribution < -0.4 is 4.40 Å². The molecule has 2 aromatic rings. The second-order valence-electron chi connectivity index (χ2n) is 2.94. The number of rotatable bonds is 0. The summed E-state index contributed by atoms with van der Waals surface area (Å²) in [5, 5.41) is 0. The molecule has 0 N–H and O–H groups in total. The summed E-state index contributed by atoms with van der Waals surface area (Å²) >= 11 is 0. The molecule has 5 heteroatoms. The molecule has 0 saturated carbocycles. The van der Waals surface area contributed by atoms with Gasteiger partial charge in [-0.3, -0.25) is 0 Å². The maximum Gasteiger partial charge on any atom is 0.210 e. The van der Waals surface area contributed by atoms with Crippen LogP contribution in [0.25, 0.3) is 5.52 Å². The van der Waals surface area contributed by atoms with Gasteiger partial charge in [-0.2, -0.15) is 4.40 Å². The van der Waals surface area contributed by atoms with Crippen LogP contribution in [0.1, 0.15) is 0 Å². The molecule has 0 aliphatic rings. The van der Waals surface area contributed by atoms with E-state index in [9.17, 15) is 0 Å². The molecule has 0 bridgehead atoms. The van der Waals surface area contributed by atoms with Crippen molar-refractivity contribution < 1.29 is 17.4 Å². The lowest BCUT2D eigenvalue weighted by Gasteiger charge is -1.90. The van der Waals surface area contributed by atoms with Crippen molar-refractivity contribution in [2.24, 2.45) is 0 Å². The topological polar surface area (TPSA) is 61.3 Å². The van der Waals surface area contributed by atoms with E-state index in [2.05, 4.69) is 16.5 Å². The molecule has 0 amide bonds. The van der Waals surface area contributed by atoms with Gasteiger partial charge in [-0.25, -0.2) is 8.42 Å². The summed E-state index contributed by atoms with van der Waals surface area (Å²) in [7, 11) is -3.92. The highest BCUT2D eigenvalue weighted by molar-refractivity contribution is 7.84. The van der Waals surface area contributed by atoms with E-state index in [1.165, 1.54) is 5.52 Å². The van der Waals surface area contributed by atoms with Gasteiger partial charge >= 0.3 is 0 Å². The molecule has 0 radical (unpaired) electrons. The third-order valence-electron chi connectivity index (χ3n) is 1.55. The number of aromatic nitrogens is 1. The molecule has 0 saturated heterocycles. The van der Waals surface area contributed by atoms with Crippen LogP contribution in [0.4, 0.5) is 0 Å². The second-order valence-corrected chi connectivity index (χ2v) is 4.35. The second kappa shape index (κ2) is 4.86. The summed E-state index contributed by atoms with van der Waals surface area (Å²) in [5.41, 5.74) is 1.23. The fraction of sp³-hybridized carbons (Fsp3) is 0.100. The fourth-order valence-corrected chi connectivity index (χ4v) is 1.04. The fourth-order valence-electron chi connectivity index (χ4n) is 1.04. The Morgan fingerprint density at radius 3 is 1.80 bits per heavy atom. The molecule has 0 spiro atoms. The van der Waals surface area contributed by atoms with Crippen molar-refractivity contribution >= 4 is 15.6 Å². The molecule has 0 aliphatic heterocycles. The highest BCUT2D eigenvalue weighted by Crippen LogP contribution is 1.92. The third kappa shape index (κ3) is 5.09. The molecule has 4 nitrogen and oxygen atoms in total. The van der Waals surface area contributed by atoms with Crippen molar-refractivity contribution in [2.45, 2.75) is 0 Å². The largest absolute Gasteiger partial charge is 0.748 e. The van der Waals surface area contributed by atoms with Gasteiger partial charge in [0.25, 0.3) is 0 Å². The summed E-state index contributed by atoms with van der Waals surface area (Å²) < 4.78 is 29.3. The Bertz CT molecular complexity index is 464. The molecule has 0 unspecified atom stereocenters. The molecule has 0 aromatic carbocycles. The first kappa shape index (κ1) is 11.6. The Hall–Kier alpha value is -1.46. The first-order chi connectivity index (χ1) is 6.97. The Morgan fingerprint density at radius 1 is 1.07 bits per heavy atom. The lowest BCUT2D eigenvalue weighted by atomic mass is 10.3. The van der Waals surface area contributed by atoms with Crippen molar-refractivity contribution in [2.75, 3.05) is 6.26 Å². The van der Waals surface area contributed by atoms with Crippen LogP contribution in [0.15, 0.2) is 48.8 Å². The van der Waals surface area contributed by atoms with Gasteiger partial charge in [-0.15, -0.1) is 0 Å². The van der Waals surface area contributed by atoms with Crippen LogP contribution in [0.5, 0.6) is 0 Å². The molecule has 80 valence electrons. The van der Waals surface area contributed by atoms with Gasteiger partial charge in [0.05, 0.1) is 10.1 Å². The SMILES string of the molecule is CS(=O)(=O)[O-].c1cc[n+]2ccccc2c1. The van der Waals surface area contributed by atoms with E-state index < -0.39 is 10.1 Å². The summed E-state index contributed by atoms with van der Waals surface area (Å²) in [6, 6.07) is 12.3. The number of fused-ring (bicyclic) bond motifs is 1. The Labute approximate surface area is 88.6 Å². The molecule has 2 heterocycles. The van der Waals surface area contributed by atoms with Gasteiger partial charge in [0.2, 0.25) is 5.52 Å². The van der Waals surface area contributed by atoms with Crippen LogP contribution >= 0.6 is 0 Å². The molecule has 15 heavy (non-hydrogen) atoms. The number of hydrogen-bond donors (Lipinski definition) is 0. The first-order valence-electron chi connectivity index (χ1n) is 4.23.